The molecule has 2 aromatic carbocycles. The zero-order chi connectivity index (χ0) is 21.5. The van der Waals surface area contributed by atoms with E-state index in [2.05, 4.69) is 16.9 Å². The number of para-hydroxylation sites is 1. The number of nitrogens with zero attached hydrogens (tertiary/aromatic N) is 2. The molecule has 0 aliphatic carbocycles. The van der Waals surface area contributed by atoms with Gasteiger partial charge in [0.05, 0.1) is 21.2 Å². The van der Waals surface area contributed by atoms with Crippen LogP contribution in [0, 0.1) is 0 Å². The highest BCUT2D eigenvalue weighted by Crippen LogP contribution is 2.31. The van der Waals surface area contributed by atoms with Gasteiger partial charge in [-0.2, -0.15) is 0 Å². The molecule has 0 aliphatic rings. The van der Waals surface area contributed by atoms with E-state index in [0.717, 1.165) is 22.8 Å². The number of nitrogens with two attached hydrogens (primary N) is 1. The highest BCUT2D eigenvalue weighted by molar-refractivity contribution is 8.00. The molecule has 1 unspecified atom stereocenters. The summed E-state index contributed by atoms with van der Waals surface area (Å²) >= 11 is 1.37. The number of Topliss-reactive ketones (excluding diaryl/α,β-unsaturated/α-hetero) is 1. The molecule has 1 atom stereocenters. The smallest absolute Gasteiger partial charge is 0.238 e. The van der Waals surface area contributed by atoms with E-state index >= 15 is 0 Å². The van der Waals surface area contributed by atoms with Crippen molar-refractivity contribution < 1.29 is 13.2 Å². The fraction of sp³-hybridized carbons (Fsp3) is 0.238. The highest BCUT2D eigenvalue weighted by Gasteiger charge is 2.23. The van der Waals surface area contributed by atoms with E-state index in [0.29, 0.717) is 22.8 Å². The molecule has 30 heavy (non-hydrogen) atoms. The number of imidazole rings is 1. The van der Waals surface area contributed by atoms with Crippen LogP contribution in [0.15, 0.2) is 58.7 Å². The van der Waals surface area contributed by atoms with Gasteiger partial charge in [-0.15, -0.1) is 0 Å². The Bertz CT molecular complexity index is 1360. The first kappa shape index (κ1) is 20.6. The maximum absolute atomic E-state index is 13.1. The van der Waals surface area contributed by atoms with Crippen molar-refractivity contribution >= 4 is 49.5 Å². The van der Waals surface area contributed by atoms with E-state index in [1.165, 1.54) is 23.9 Å². The van der Waals surface area contributed by atoms with Crippen LogP contribution in [-0.2, 0) is 16.6 Å². The van der Waals surface area contributed by atoms with Gasteiger partial charge >= 0.3 is 0 Å². The number of thioether (sulfide) groups is 1. The number of carbonyl (C=O) groups excluding carboxylic acids is 1. The van der Waals surface area contributed by atoms with Crippen LogP contribution in [0.2, 0.25) is 0 Å². The molecule has 0 saturated heterocycles. The molecule has 0 amide bonds. The van der Waals surface area contributed by atoms with Gasteiger partial charge in [0.1, 0.15) is 0 Å². The number of benzene rings is 2. The molecule has 2 heterocycles. The van der Waals surface area contributed by atoms with Crippen LogP contribution in [0.1, 0.15) is 30.6 Å². The quantitative estimate of drug-likeness (QED) is 0.333. The lowest BCUT2D eigenvalue weighted by molar-refractivity contribution is 0.0995. The Balaban J connectivity index is 1.69. The molecule has 9 heteroatoms. The molecule has 0 saturated carbocycles. The number of primary sulfonamides is 1. The van der Waals surface area contributed by atoms with Gasteiger partial charge in [0.2, 0.25) is 10.0 Å². The van der Waals surface area contributed by atoms with Crippen molar-refractivity contribution in [2.45, 2.75) is 42.1 Å². The largest absolute Gasteiger partial charge is 0.360 e. The zero-order valence-corrected chi connectivity index (χ0v) is 18.3. The summed E-state index contributed by atoms with van der Waals surface area (Å²) in [4.78, 5) is 20.9. The van der Waals surface area contributed by atoms with Gasteiger partial charge in [0.25, 0.3) is 0 Å². The van der Waals surface area contributed by atoms with E-state index in [-0.39, 0.29) is 15.9 Å². The standard InChI is InChI=1S/C21H22N4O3S2/c1-3-10-25-19-9-8-14(30(22,27)28)11-18(19)24-21(25)29-13(2)20(26)16-12-23-17-7-5-4-6-15(16)17/h4-9,11-13,23H,3,10H2,1-2H3,(H2,22,27,28). The van der Waals surface area contributed by atoms with E-state index in [4.69, 9.17) is 5.14 Å². The maximum atomic E-state index is 13.1. The summed E-state index contributed by atoms with van der Waals surface area (Å²) in [6.45, 7) is 4.63. The third-order valence-corrected chi connectivity index (χ3v) is 6.97. The van der Waals surface area contributed by atoms with Crippen molar-refractivity contribution in [1.82, 2.24) is 14.5 Å². The van der Waals surface area contributed by atoms with Gasteiger partial charge < -0.3 is 9.55 Å². The van der Waals surface area contributed by atoms with Gasteiger partial charge in [0, 0.05) is 29.2 Å². The third-order valence-electron chi connectivity index (χ3n) is 4.97. The molecule has 7 nitrogen and oxygen atoms in total. The van der Waals surface area contributed by atoms with Gasteiger partial charge in [-0.25, -0.2) is 18.5 Å². The Labute approximate surface area is 178 Å². The molecular formula is C21H22N4O3S2. The molecule has 0 aliphatic heterocycles. The number of H-pyrrole nitrogens is 1. The molecule has 0 bridgehead atoms. The fourth-order valence-electron chi connectivity index (χ4n) is 3.50. The molecule has 4 rings (SSSR count). The van der Waals surface area contributed by atoms with Crippen molar-refractivity contribution in [2.24, 2.45) is 5.14 Å². The summed E-state index contributed by atoms with van der Waals surface area (Å²) in [5.74, 6) is 0.0118. The van der Waals surface area contributed by atoms with E-state index in [1.54, 1.807) is 12.3 Å². The van der Waals surface area contributed by atoms with Crippen molar-refractivity contribution in [1.29, 1.82) is 0 Å². The van der Waals surface area contributed by atoms with Crippen LogP contribution in [0.25, 0.3) is 21.9 Å². The van der Waals surface area contributed by atoms with Crippen LogP contribution in [-0.4, -0.2) is 34.0 Å². The number of ketones is 1. The molecule has 0 spiro atoms. The number of hydrogen-bond acceptors (Lipinski definition) is 5. The summed E-state index contributed by atoms with van der Waals surface area (Å²) in [5.41, 5.74) is 2.94. The van der Waals surface area contributed by atoms with Gasteiger partial charge in [-0.1, -0.05) is 36.9 Å². The van der Waals surface area contributed by atoms with E-state index < -0.39 is 10.0 Å². The Morgan fingerprint density at radius 3 is 2.77 bits per heavy atom. The Morgan fingerprint density at radius 1 is 1.27 bits per heavy atom. The topological polar surface area (TPSA) is 111 Å². The predicted molar refractivity (Wildman–Crippen MR) is 119 cm³/mol. The van der Waals surface area contributed by atoms with Crippen molar-refractivity contribution in [2.75, 3.05) is 0 Å². The average Bonchev–Trinajstić information content (AvgIpc) is 3.28. The number of hydrogen-bond donors (Lipinski definition) is 2. The van der Waals surface area contributed by atoms with Crippen molar-refractivity contribution in [3.05, 3.63) is 54.2 Å². The molecule has 0 fully saturated rings. The molecule has 2 aromatic heterocycles. The summed E-state index contributed by atoms with van der Waals surface area (Å²) < 4.78 is 25.4. The van der Waals surface area contributed by atoms with Crippen molar-refractivity contribution in [3.63, 3.8) is 0 Å². The van der Waals surface area contributed by atoms with Crippen LogP contribution < -0.4 is 5.14 Å². The molecule has 0 radical (unpaired) electrons. The normalized spacial score (nSPS) is 13.2. The molecule has 4 aromatic rings. The monoisotopic (exact) mass is 442 g/mol. The highest BCUT2D eigenvalue weighted by atomic mass is 32.2. The minimum Gasteiger partial charge on any atom is -0.360 e. The van der Waals surface area contributed by atoms with Crippen LogP contribution in [0.3, 0.4) is 0 Å². The second-order valence-corrected chi connectivity index (χ2v) is 9.98. The van der Waals surface area contributed by atoms with E-state index in [1.807, 2.05) is 35.8 Å². The molecule has 3 N–H and O–H groups in total. The Kier molecular flexibility index (Phi) is 5.44. The first-order valence-electron chi connectivity index (χ1n) is 9.59. The lowest BCUT2D eigenvalue weighted by Gasteiger charge is -2.12. The predicted octanol–water partition coefficient (Wildman–Crippen LogP) is 3.94. The Hall–Kier alpha value is -2.62. The summed E-state index contributed by atoms with van der Waals surface area (Å²) in [6, 6.07) is 12.4. The first-order chi connectivity index (χ1) is 14.3. The van der Waals surface area contributed by atoms with Gasteiger partial charge in [0.15, 0.2) is 10.9 Å². The maximum Gasteiger partial charge on any atom is 0.238 e. The summed E-state index contributed by atoms with van der Waals surface area (Å²) in [6.07, 6.45) is 2.62. The number of carbonyl (C=O) groups is 1. The number of aryl methyl sites for hydroxylation is 1. The number of rotatable bonds is 7. The Morgan fingerprint density at radius 2 is 2.03 bits per heavy atom. The SMILES string of the molecule is CCCn1c(SC(C)C(=O)c2c[nH]c3ccccc23)nc2cc(S(N)(=O)=O)ccc21. The zero-order valence-electron chi connectivity index (χ0n) is 16.6. The fourth-order valence-corrected chi connectivity index (χ4v) is 5.05. The summed E-state index contributed by atoms with van der Waals surface area (Å²) in [7, 11) is -3.81. The number of aromatic amines is 1. The van der Waals surface area contributed by atoms with Crippen LogP contribution >= 0.6 is 11.8 Å². The molecular weight excluding hydrogens is 420 g/mol. The van der Waals surface area contributed by atoms with Gasteiger partial charge in [-0.3, -0.25) is 4.79 Å². The lowest BCUT2D eigenvalue weighted by atomic mass is 10.1. The number of nitrogens with one attached hydrogen (secondary N) is 1. The van der Waals surface area contributed by atoms with Crippen LogP contribution in [0.5, 0.6) is 0 Å². The average molecular weight is 443 g/mol. The number of fused-ring (bicyclic) bond motifs is 2. The van der Waals surface area contributed by atoms with Crippen LogP contribution in [0.4, 0.5) is 0 Å². The molecule has 156 valence electrons. The summed E-state index contributed by atoms with van der Waals surface area (Å²) in [5, 5.41) is 6.47. The first-order valence-corrected chi connectivity index (χ1v) is 12.0. The second kappa shape index (κ2) is 7.90. The minimum atomic E-state index is -3.81. The lowest BCUT2D eigenvalue weighted by Crippen LogP contribution is -2.14. The number of sulfonamides is 1. The second-order valence-electron chi connectivity index (χ2n) is 7.11. The van der Waals surface area contributed by atoms with E-state index in [9.17, 15) is 13.2 Å². The van der Waals surface area contributed by atoms with Gasteiger partial charge in [-0.05, 0) is 37.6 Å². The third kappa shape index (κ3) is 3.76. The number of aromatic nitrogens is 3. The van der Waals surface area contributed by atoms with Crippen molar-refractivity contribution in [3.8, 4) is 0 Å². The minimum absolute atomic E-state index is 0.0118.